The van der Waals surface area contributed by atoms with Crippen LogP contribution in [0, 0.1) is 0 Å². The van der Waals surface area contributed by atoms with Gasteiger partial charge in [0.15, 0.2) is 0 Å². The normalized spacial score (nSPS) is 12.0. The highest BCUT2D eigenvalue weighted by molar-refractivity contribution is 6.19. The highest BCUT2D eigenvalue weighted by Gasteiger charge is 2.24. The summed E-state index contributed by atoms with van der Waals surface area (Å²) in [7, 11) is 0. The predicted octanol–water partition coefficient (Wildman–Crippen LogP) is 4.14. The molecule has 2 aromatic carbocycles. The van der Waals surface area contributed by atoms with Crippen LogP contribution in [0.25, 0.3) is 5.57 Å². The molecule has 0 bridgehead atoms. The molecule has 1 amide bonds. The molecule has 2 rings (SSSR count). The summed E-state index contributed by atoms with van der Waals surface area (Å²) >= 11 is 0. The molecule has 0 saturated heterocycles. The standard InChI is InChI=1S/C19H21NO/c1-4-17(15-11-7-5-8-12-15)18(21)20-19(2,3)16-13-9-6-10-14-16/h4-14H,1-3H3,(H,20,21)/b17-4+. The van der Waals surface area contributed by atoms with Crippen LogP contribution in [0.4, 0.5) is 0 Å². The van der Waals surface area contributed by atoms with E-state index in [1.54, 1.807) is 0 Å². The lowest BCUT2D eigenvalue weighted by atomic mass is 9.93. The first kappa shape index (κ1) is 15.0. The lowest BCUT2D eigenvalue weighted by molar-refractivity contribution is -0.117. The van der Waals surface area contributed by atoms with E-state index in [2.05, 4.69) is 5.32 Å². The van der Waals surface area contributed by atoms with Crippen molar-refractivity contribution in [3.05, 3.63) is 77.9 Å². The fraction of sp³-hybridized carbons (Fsp3) is 0.211. The third kappa shape index (κ3) is 3.60. The van der Waals surface area contributed by atoms with E-state index >= 15 is 0 Å². The second kappa shape index (κ2) is 6.40. The van der Waals surface area contributed by atoms with Crippen molar-refractivity contribution < 1.29 is 4.79 Å². The van der Waals surface area contributed by atoms with E-state index in [0.29, 0.717) is 5.57 Å². The first-order valence-corrected chi connectivity index (χ1v) is 7.14. The maximum absolute atomic E-state index is 12.6. The maximum Gasteiger partial charge on any atom is 0.252 e. The molecule has 0 heterocycles. The van der Waals surface area contributed by atoms with Crippen LogP contribution in [-0.2, 0) is 10.3 Å². The number of hydrogen-bond acceptors (Lipinski definition) is 1. The zero-order valence-corrected chi connectivity index (χ0v) is 12.8. The Morgan fingerprint density at radius 1 is 0.952 bits per heavy atom. The molecule has 0 saturated carbocycles. The Bertz CT molecular complexity index is 627. The van der Waals surface area contributed by atoms with Gasteiger partial charge < -0.3 is 5.32 Å². The molecule has 0 fully saturated rings. The number of carbonyl (C=O) groups is 1. The van der Waals surface area contributed by atoms with Crippen LogP contribution in [0.3, 0.4) is 0 Å². The second-order valence-electron chi connectivity index (χ2n) is 5.51. The molecule has 0 aliphatic rings. The summed E-state index contributed by atoms with van der Waals surface area (Å²) in [5.41, 5.74) is 2.30. The van der Waals surface area contributed by atoms with Crippen molar-refractivity contribution >= 4 is 11.5 Å². The van der Waals surface area contributed by atoms with Gasteiger partial charge in [-0.1, -0.05) is 66.7 Å². The Kier molecular flexibility index (Phi) is 4.59. The van der Waals surface area contributed by atoms with Crippen molar-refractivity contribution in [3.63, 3.8) is 0 Å². The molecule has 0 unspecified atom stereocenters. The van der Waals surface area contributed by atoms with Crippen molar-refractivity contribution in [2.24, 2.45) is 0 Å². The molecule has 2 nitrogen and oxygen atoms in total. The summed E-state index contributed by atoms with van der Waals surface area (Å²) in [6.45, 7) is 5.91. The highest BCUT2D eigenvalue weighted by Crippen LogP contribution is 2.22. The molecule has 0 aliphatic heterocycles. The monoisotopic (exact) mass is 279 g/mol. The largest absolute Gasteiger partial charge is 0.343 e. The molecule has 0 aromatic heterocycles. The molecular formula is C19H21NO. The summed E-state index contributed by atoms with van der Waals surface area (Å²) in [5.74, 6) is -0.0578. The summed E-state index contributed by atoms with van der Waals surface area (Å²) in [6, 6.07) is 19.7. The minimum atomic E-state index is -0.415. The number of amides is 1. The Hall–Kier alpha value is -2.35. The van der Waals surface area contributed by atoms with Crippen molar-refractivity contribution in [2.75, 3.05) is 0 Å². The third-order valence-electron chi connectivity index (χ3n) is 3.54. The van der Waals surface area contributed by atoms with Gasteiger partial charge in [-0.25, -0.2) is 0 Å². The Balaban J connectivity index is 2.21. The van der Waals surface area contributed by atoms with Crippen LogP contribution in [0.2, 0.25) is 0 Å². The average molecular weight is 279 g/mol. The number of nitrogens with one attached hydrogen (secondary N) is 1. The van der Waals surface area contributed by atoms with E-state index < -0.39 is 5.54 Å². The van der Waals surface area contributed by atoms with Gasteiger partial charge >= 0.3 is 0 Å². The second-order valence-corrected chi connectivity index (χ2v) is 5.51. The number of benzene rings is 2. The lowest BCUT2D eigenvalue weighted by Gasteiger charge is -2.27. The zero-order chi connectivity index (χ0) is 15.3. The third-order valence-corrected chi connectivity index (χ3v) is 3.54. The summed E-state index contributed by atoms with van der Waals surface area (Å²) in [5, 5.41) is 3.11. The van der Waals surface area contributed by atoms with Gasteiger partial charge in [0, 0.05) is 5.57 Å². The average Bonchev–Trinajstić information content (AvgIpc) is 2.49. The molecule has 21 heavy (non-hydrogen) atoms. The Morgan fingerprint density at radius 3 is 2.00 bits per heavy atom. The molecule has 1 N–H and O–H groups in total. The number of rotatable bonds is 4. The van der Waals surface area contributed by atoms with Crippen molar-refractivity contribution in [1.29, 1.82) is 0 Å². The quantitative estimate of drug-likeness (QED) is 0.837. The van der Waals surface area contributed by atoms with Gasteiger partial charge in [0.05, 0.1) is 5.54 Å². The topological polar surface area (TPSA) is 29.1 Å². The molecular weight excluding hydrogens is 258 g/mol. The van der Waals surface area contributed by atoms with Crippen LogP contribution in [0.5, 0.6) is 0 Å². The minimum absolute atomic E-state index is 0.0578. The van der Waals surface area contributed by atoms with Gasteiger partial charge in [0.2, 0.25) is 0 Å². The van der Waals surface area contributed by atoms with E-state index in [-0.39, 0.29) is 5.91 Å². The fourth-order valence-electron chi connectivity index (χ4n) is 2.32. The summed E-state index contributed by atoms with van der Waals surface area (Å²) < 4.78 is 0. The van der Waals surface area contributed by atoms with Gasteiger partial charge in [0.25, 0.3) is 5.91 Å². The Labute approximate surface area is 126 Å². The van der Waals surface area contributed by atoms with Gasteiger partial charge in [-0.2, -0.15) is 0 Å². The Morgan fingerprint density at radius 2 is 1.48 bits per heavy atom. The predicted molar refractivity (Wildman–Crippen MR) is 87.7 cm³/mol. The van der Waals surface area contributed by atoms with Crippen LogP contribution in [0.1, 0.15) is 31.9 Å². The van der Waals surface area contributed by atoms with Crippen LogP contribution < -0.4 is 5.32 Å². The van der Waals surface area contributed by atoms with Gasteiger partial charge in [-0.05, 0) is 31.9 Å². The number of allylic oxidation sites excluding steroid dienone is 1. The summed E-state index contributed by atoms with van der Waals surface area (Å²) in [4.78, 5) is 12.6. The van der Waals surface area contributed by atoms with Crippen molar-refractivity contribution in [2.45, 2.75) is 26.3 Å². The lowest BCUT2D eigenvalue weighted by Crippen LogP contribution is -2.41. The fourth-order valence-corrected chi connectivity index (χ4v) is 2.32. The summed E-state index contributed by atoms with van der Waals surface area (Å²) in [6.07, 6.45) is 1.85. The first-order chi connectivity index (χ1) is 10.0. The van der Waals surface area contributed by atoms with E-state index in [4.69, 9.17) is 0 Å². The smallest absolute Gasteiger partial charge is 0.252 e. The van der Waals surface area contributed by atoms with Crippen LogP contribution >= 0.6 is 0 Å². The van der Waals surface area contributed by atoms with Crippen molar-refractivity contribution in [1.82, 2.24) is 5.32 Å². The molecule has 108 valence electrons. The zero-order valence-electron chi connectivity index (χ0n) is 12.8. The molecule has 0 atom stereocenters. The number of hydrogen-bond donors (Lipinski definition) is 1. The highest BCUT2D eigenvalue weighted by atomic mass is 16.1. The van der Waals surface area contributed by atoms with Crippen LogP contribution in [-0.4, -0.2) is 5.91 Å². The number of carbonyl (C=O) groups excluding carboxylic acids is 1. The van der Waals surface area contributed by atoms with Gasteiger partial charge in [-0.3, -0.25) is 4.79 Å². The van der Waals surface area contributed by atoms with E-state index in [9.17, 15) is 4.79 Å². The minimum Gasteiger partial charge on any atom is -0.343 e. The van der Waals surface area contributed by atoms with Crippen molar-refractivity contribution in [3.8, 4) is 0 Å². The maximum atomic E-state index is 12.6. The molecule has 2 aromatic rings. The van der Waals surface area contributed by atoms with E-state index in [1.165, 1.54) is 0 Å². The van der Waals surface area contributed by atoms with Crippen LogP contribution in [0.15, 0.2) is 66.7 Å². The van der Waals surface area contributed by atoms with E-state index in [0.717, 1.165) is 11.1 Å². The van der Waals surface area contributed by atoms with E-state index in [1.807, 2.05) is 87.5 Å². The SMILES string of the molecule is C/C=C(/C(=O)NC(C)(C)c1ccccc1)c1ccccc1. The molecule has 0 aliphatic carbocycles. The van der Waals surface area contributed by atoms with Gasteiger partial charge in [-0.15, -0.1) is 0 Å². The molecule has 0 spiro atoms. The first-order valence-electron chi connectivity index (χ1n) is 7.14. The van der Waals surface area contributed by atoms with Gasteiger partial charge in [0.1, 0.15) is 0 Å². The molecule has 2 heteroatoms. The molecule has 0 radical (unpaired) electrons.